The van der Waals surface area contributed by atoms with E-state index < -0.39 is 0 Å². The van der Waals surface area contributed by atoms with Gasteiger partial charge in [0.2, 0.25) is 0 Å². The van der Waals surface area contributed by atoms with Crippen molar-refractivity contribution in [1.29, 1.82) is 0 Å². The summed E-state index contributed by atoms with van der Waals surface area (Å²) in [7, 11) is 0. The molecule has 3 heteroatoms. The molecule has 0 aromatic carbocycles. The Morgan fingerprint density at radius 2 is 1.93 bits per heavy atom. The maximum atomic E-state index is 8.93. The average Bonchev–Trinajstić information content (AvgIpc) is 2.99. The van der Waals surface area contributed by atoms with E-state index in [1.54, 1.807) is 0 Å². The van der Waals surface area contributed by atoms with Crippen LogP contribution in [0.2, 0.25) is 0 Å². The summed E-state index contributed by atoms with van der Waals surface area (Å²) in [4.78, 5) is 2.43. The molecule has 1 aliphatic rings. The van der Waals surface area contributed by atoms with Gasteiger partial charge in [-0.3, -0.25) is 0 Å². The first kappa shape index (κ1) is 12.9. The molecule has 0 heterocycles. The van der Waals surface area contributed by atoms with E-state index in [9.17, 15) is 0 Å². The first-order valence-corrected chi connectivity index (χ1v) is 6.30. The highest BCUT2D eigenvalue weighted by atomic mass is 16.3. The molecule has 0 radical (unpaired) electrons. The van der Waals surface area contributed by atoms with Crippen molar-refractivity contribution in [3.8, 4) is 0 Å². The van der Waals surface area contributed by atoms with Crippen LogP contribution < -0.4 is 5.32 Å². The van der Waals surface area contributed by atoms with Gasteiger partial charge in [0, 0.05) is 26.2 Å². The van der Waals surface area contributed by atoms with Crippen LogP contribution in [0.25, 0.3) is 0 Å². The fraction of sp³-hybridized carbons (Fsp3) is 1.00. The lowest BCUT2D eigenvalue weighted by molar-refractivity contribution is 0.242. The molecule has 1 aliphatic carbocycles. The number of hydrogen-bond donors (Lipinski definition) is 2. The monoisotopic (exact) mass is 214 g/mol. The van der Waals surface area contributed by atoms with Gasteiger partial charge in [-0.25, -0.2) is 0 Å². The molecule has 0 bridgehead atoms. The highest BCUT2D eigenvalue weighted by Crippen LogP contribution is 2.47. The Labute approximate surface area is 93.9 Å². The van der Waals surface area contributed by atoms with Crippen LogP contribution in [-0.4, -0.2) is 49.3 Å². The second kappa shape index (κ2) is 6.46. The molecule has 0 amide bonds. The fourth-order valence-electron chi connectivity index (χ4n) is 2.06. The summed E-state index contributed by atoms with van der Waals surface area (Å²) >= 11 is 0. The van der Waals surface area contributed by atoms with Gasteiger partial charge < -0.3 is 15.3 Å². The third-order valence-corrected chi connectivity index (χ3v) is 3.60. The summed E-state index contributed by atoms with van der Waals surface area (Å²) in [5, 5.41) is 12.4. The molecule has 0 aromatic heterocycles. The van der Waals surface area contributed by atoms with E-state index in [-0.39, 0.29) is 0 Å². The third kappa shape index (κ3) is 4.49. The molecule has 0 unspecified atom stereocenters. The Morgan fingerprint density at radius 3 is 2.40 bits per heavy atom. The molecule has 0 spiro atoms. The lowest BCUT2D eigenvalue weighted by atomic mass is 10.0. The number of rotatable bonds is 9. The largest absolute Gasteiger partial charge is 0.396 e. The van der Waals surface area contributed by atoms with Crippen molar-refractivity contribution in [3.05, 3.63) is 0 Å². The van der Waals surface area contributed by atoms with Crippen molar-refractivity contribution in [2.24, 2.45) is 5.41 Å². The summed E-state index contributed by atoms with van der Waals surface area (Å²) in [5.41, 5.74) is 0.456. The van der Waals surface area contributed by atoms with E-state index in [0.29, 0.717) is 12.0 Å². The minimum atomic E-state index is 0.345. The van der Waals surface area contributed by atoms with E-state index in [1.807, 2.05) is 0 Å². The van der Waals surface area contributed by atoms with E-state index in [1.165, 1.54) is 12.8 Å². The summed E-state index contributed by atoms with van der Waals surface area (Å²) < 4.78 is 0. The van der Waals surface area contributed by atoms with Gasteiger partial charge in [0.15, 0.2) is 0 Å². The van der Waals surface area contributed by atoms with Crippen molar-refractivity contribution in [2.75, 3.05) is 39.3 Å². The number of aliphatic hydroxyl groups excluding tert-OH is 1. The van der Waals surface area contributed by atoms with Crippen molar-refractivity contribution in [1.82, 2.24) is 10.2 Å². The molecule has 1 rings (SSSR count). The summed E-state index contributed by atoms with van der Waals surface area (Å²) in [6.07, 6.45) is 3.57. The quantitative estimate of drug-likeness (QED) is 0.564. The molecule has 0 aliphatic heterocycles. The number of hydrogen-bond acceptors (Lipinski definition) is 3. The first-order valence-electron chi connectivity index (χ1n) is 6.30. The van der Waals surface area contributed by atoms with Crippen LogP contribution in [-0.2, 0) is 0 Å². The van der Waals surface area contributed by atoms with Gasteiger partial charge in [0.05, 0.1) is 0 Å². The Morgan fingerprint density at radius 1 is 1.27 bits per heavy atom. The number of likely N-dealkylation sites (N-methyl/N-ethyl adjacent to an activating group) is 1. The van der Waals surface area contributed by atoms with Crippen LogP contribution in [0.1, 0.15) is 33.1 Å². The van der Waals surface area contributed by atoms with Gasteiger partial charge in [-0.15, -0.1) is 0 Å². The molecule has 1 fully saturated rings. The van der Waals surface area contributed by atoms with Crippen molar-refractivity contribution in [2.45, 2.75) is 33.1 Å². The number of nitrogens with one attached hydrogen (secondary N) is 1. The normalized spacial score (nSPS) is 18.4. The Kier molecular flexibility index (Phi) is 5.58. The van der Waals surface area contributed by atoms with Crippen LogP contribution in [0.4, 0.5) is 0 Å². The van der Waals surface area contributed by atoms with Crippen LogP contribution in [0.3, 0.4) is 0 Å². The van der Waals surface area contributed by atoms with Gasteiger partial charge in [-0.05, 0) is 37.8 Å². The van der Waals surface area contributed by atoms with Gasteiger partial charge in [0.25, 0.3) is 0 Å². The van der Waals surface area contributed by atoms with E-state index in [2.05, 4.69) is 24.1 Å². The maximum Gasteiger partial charge on any atom is 0.0436 e. The van der Waals surface area contributed by atoms with Gasteiger partial charge in [-0.2, -0.15) is 0 Å². The fourth-order valence-corrected chi connectivity index (χ4v) is 2.06. The molecule has 0 saturated heterocycles. The summed E-state index contributed by atoms with van der Waals surface area (Å²) in [6, 6.07) is 0. The third-order valence-electron chi connectivity index (χ3n) is 3.60. The van der Waals surface area contributed by atoms with E-state index >= 15 is 0 Å². The molecule has 1 saturated carbocycles. The zero-order chi connectivity index (χ0) is 11.1. The minimum absolute atomic E-state index is 0.345. The maximum absolute atomic E-state index is 8.93. The Hall–Kier alpha value is -0.120. The highest BCUT2D eigenvalue weighted by molar-refractivity contribution is 4.94. The molecular formula is C12H26N2O. The molecule has 2 N–H and O–H groups in total. The van der Waals surface area contributed by atoms with Crippen molar-refractivity contribution >= 4 is 0 Å². The Bertz CT molecular complexity index is 165. The van der Waals surface area contributed by atoms with Crippen LogP contribution in [0.15, 0.2) is 0 Å². The summed E-state index contributed by atoms with van der Waals surface area (Å²) in [6.45, 7) is 10.3. The van der Waals surface area contributed by atoms with Crippen LogP contribution in [0, 0.1) is 5.41 Å². The van der Waals surface area contributed by atoms with Crippen molar-refractivity contribution in [3.63, 3.8) is 0 Å². The molecule has 15 heavy (non-hydrogen) atoms. The summed E-state index contributed by atoms with van der Waals surface area (Å²) in [5.74, 6) is 0. The molecule has 0 aromatic rings. The SMILES string of the molecule is CCN(CC)CCNCC1(CCO)CC1. The van der Waals surface area contributed by atoms with Crippen molar-refractivity contribution < 1.29 is 5.11 Å². The van der Waals surface area contributed by atoms with Crippen LogP contribution in [0.5, 0.6) is 0 Å². The van der Waals surface area contributed by atoms with Gasteiger partial charge >= 0.3 is 0 Å². The zero-order valence-electron chi connectivity index (χ0n) is 10.3. The highest BCUT2D eigenvalue weighted by Gasteiger charge is 2.41. The molecule has 3 nitrogen and oxygen atoms in total. The first-order chi connectivity index (χ1) is 7.26. The molecule has 90 valence electrons. The predicted molar refractivity (Wildman–Crippen MR) is 64.0 cm³/mol. The number of nitrogens with zero attached hydrogens (tertiary/aromatic N) is 1. The molecular weight excluding hydrogens is 188 g/mol. The smallest absolute Gasteiger partial charge is 0.0436 e. The zero-order valence-corrected chi connectivity index (χ0v) is 10.3. The van der Waals surface area contributed by atoms with E-state index in [0.717, 1.165) is 39.1 Å². The van der Waals surface area contributed by atoms with Crippen LogP contribution >= 0.6 is 0 Å². The second-order valence-electron chi connectivity index (χ2n) is 4.68. The topological polar surface area (TPSA) is 35.5 Å². The van der Waals surface area contributed by atoms with Gasteiger partial charge in [0.1, 0.15) is 0 Å². The Balaban J connectivity index is 2.01. The molecule has 0 atom stereocenters. The lowest BCUT2D eigenvalue weighted by Gasteiger charge is -2.20. The minimum Gasteiger partial charge on any atom is -0.396 e. The van der Waals surface area contributed by atoms with E-state index in [4.69, 9.17) is 5.11 Å². The standard InChI is InChI=1S/C12H26N2O/c1-3-14(4-2)9-8-13-11-12(5-6-12)7-10-15/h13,15H,3-11H2,1-2H3. The second-order valence-corrected chi connectivity index (χ2v) is 4.68. The lowest BCUT2D eigenvalue weighted by Crippen LogP contribution is -2.34. The number of aliphatic hydroxyl groups is 1. The average molecular weight is 214 g/mol. The van der Waals surface area contributed by atoms with Gasteiger partial charge in [-0.1, -0.05) is 13.8 Å². The predicted octanol–water partition coefficient (Wildman–Crippen LogP) is 1.08.